The lowest BCUT2D eigenvalue weighted by Gasteiger charge is -2.31. The lowest BCUT2D eigenvalue weighted by atomic mass is 10.1. The summed E-state index contributed by atoms with van der Waals surface area (Å²) in [6.45, 7) is 1.15. The Morgan fingerprint density at radius 1 is 1.23 bits per heavy atom. The molecule has 0 radical (unpaired) electrons. The van der Waals surface area contributed by atoms with E-state index in [1.165, 1.54) is 12.1 Å². The van der Waals surface area contributed by atoms with Crippen LogP contribution in [0.5, 0.6) is 0 Å². The van der Waals surface area contributed by atoms with Crippen LogP contribution in [0.15, 0.2) is 30.3 Å². The van der Waals surface area contributed by atoms with Crippen molar-refractivity contribution in [1.82, 2.24) is 0 Å². The van der Waals surface area contributed by atoms with E-state index in [2.05, 4.69) is 0 Å². The minimum atomic E-state index is -4.31. The van der Waals surface area contributed by atoms with Gasteiger partial charge in [-0.05, 0) is 18.9 Å². The van der Waals surface area contributed by atoms with Gasteiger partial charge < -0.3 is 20.2 Å². The number of hydrogen-bond donors (Lipinski definition) is 4. The van der Waals surface area contributed by atoms with E-state index in [4.69, 9.17) is 10.2 Å². The first-order valence-corrected chi connectivity index (χ1v) is 8.47. The van der Waals surface area contributed by atoms with Crippen LogP contribution >= 0.6 is 7.37 Å². The number of carboxylic acids is 2. The van der Waals surface area contributed by atoms with Crippen LogP contribution in [0.1, 0.15) is 25.3 Å². The fraction of sp³-hybridized carbons (Fsp3) is 0.429. The van der Waals surface area contributed by atoms with Crippen molar-refractivity contribution < 1.29 is 34.4 Å². The first kappa shape index (κ1) is 18.4. The molecular weight excluding hydrogens is 311 g/mol. The summed E-state index contributed by atoms with van der Waals surface area (Å²) in [7, 11) is -4.31. The van der Waals surface area contributed by atoms with Gasteiger partial charge in [0.2, 0.25) is 7.37 Å². The van der Waals surface area contributed by atoms with Crippen molar-refractivity contribution >= 4 is 19.3 Å². The first-order valence-electron chi connectivity index (χ1n) is 6.62. The van der Waals surface area contributed by atoms with Gasteiger partial charge >= 0.3 is 11.9 Å². The molecule has 3 unspecified atom stereocenters. The molecule has 0 aliphatic rings. The van der Waals surface area contributed by atoms with E-state index < -0.39 is 43.2 Å². The molecule has 3 atom stereocenters. The topological polar surface area (TPSA) is 132 Å². The molecule has 0 aliphatic carbocycles. The van der Waals surface area contributed by atoms with E-state index >= 15 is 0 Å². The summed E-state index contributed by atoms with van der Waals surface area (Å²) in [5.74, 6) is -3.87. The summed E-state index contributed by atoms with van der Waals surface area (Å²) in [4.78, 5) is 31.9. The second kappa shape index (κ2) is 7.05. The Hall–Kier alpha value is -1.69. The van der Waals surface area contributed by atoms with Crippen LogP contribution < -0.4 is 0 Å². The molecule has 0 heterocycles. The fourth-order valence-corrected chi connectivity index (χ4v) is 3.87. The number of hydrogen-bond acceptors (Lipinski definition) is 4. The number of carboxylic acid groups (broad SMARTS) is 2. The molecule has 8 heteroatoms. The molecule has 0 aliphatic heterocycles. The molecule has 1 rings (SSSR count). The minimum absolute atomic E-state index is 0.197. The monoisotopic (exact) mass is 330 g/mol. The number of aliphatic hydroxyl groups is 1. The Labute approximate surface area is 127 Å². The zero-order valence-electron chi connectivity index (χ0n) is 12.0. The zero-order chi connectivity index (χ0) is 17.0. The van der Waals surface area contributed by atoms with E-state index in [9.17, 15) is 24.2 Å². The number of aliphatic carboxylic acids is 2. The highest BCUT2D eigenvalue weighted by atomic mass is 31.2. The molecule has 0 amide bonds. The summed E-state index contributed by atoms with van der Waals surface area (Å²) < 4.78 is 12.5. The van der Waals surface area contributed by atoms with Crippen molar-refractivity contribution in [3.05, 3.63) is 35.9 Å². The maximum Gasteiger partial charge on any atom is 0.307 e. The molecule has 0 bridgehead atoms. The van der Waals surface area contributed by atoms with E-state index in [0.29, 0.717) is 0 Å². The molecule has 4 N–H and O–H groups in total. The predicted octanol–water partition coefficient (Wildman–Crippen LogP) is 1.69. The highest BCUT2D eigenvalue weighted by molar-refractivity contribution is 7.59. The van der Waals surface area contributed by atoms with Crippen LogP contribution in [0.2, 0.25) is 0 Å². The average Bonchev–Trinajstić information content (AvgIpc) is 2.43. The van der Waals surface area contributed by atoms with Gasteiger partial charge in [-0.3, -0.25) is 14.2 Å². The Morgan fingerprint density at radius 2 is 1.77 bits per heavy atom. The quantitative estimate of drug-likeness (QED) is 0.533. The van der Waals surface area contributed by atoms with Crippen LogP contribution in [0.3, 0.4) is 0 Å². The van der Waals surface area contributed by atoms with Gasteiger partial charge in [0.15, 0.2) is 5.34 Å². The van der Waals surface area contributed by atoms with Crippen LogP contribution in [-0.2, 0) is 19.5 Å². The molecule has 0 saturated carbocycles. The fourth-order valence-electron chi connectivity index (χ4n) is 2.02. The van der Waals surface area contributed by atoms with E-state index in [1.807, 2.05) is 0 Å². The Morgan fingerprint density at radius 3 is 2.23 bits per heavy atom. The van der Waals surface area contributed by atoms with Crippen molar-refractivity contribution in [2.75, 3.05) is 6.16 Å². The predicted molar refractivity (Wildman–Crippen MR) is 78.7 cm³/mol. The SMILES string of the molecule is CC(O)(c1ccccc1)P(=O)(O)CC(CCC(=O)O)C(=O)O. The summed E-state index contributed by atoms with van der Waals surface area (Å²) in [6, 6.07) is 7.78. The zero-order valence-corrected chi connectivity index (χ0v) is 12.9. The highest BCUT2D eigenvalue weighted by Gasteiger charge is 2.45. The number of benzene rings is 1. The highest BCUT2D eigenvalue weighted by Crippen LogP contribution is 2.59. The lowest BCUT2D eigenvalue weighted by molar-refractivity contribution is -0.142. The van der Waals surface area contributed by atoms with Gasteiger partial charge in [-0.15, -0.1) is 0 Å². The summed E-state index contributed by atoms with van der Waals surface area (Å²) >= 11 is 0. The van der Waals surface area contributed by atoms with Gasteiger partial charge in [0.05, 0.1) is 5.92 Å². The minimum Gasteiger partial charge on any atom is -0.481 e. The molecule has 7 nitrogen and oxygen atoms in total. The largest absolute Gasteiger partial charge is 0.481 e. The first-order chi connectivity index (χ1) is 10.1. The van der Waals surface area contributed by atoms with E-state index in [-0.39, 0.29) is 12.0 Å². The molecule has 0 spiro atoms. The van der Waals surface area contributed by atoms with Gasteiger partial charge in [0, 0.05) is 12.6 Å². The third kappa shape index (κ3) is 4.40. The third-order valence-electron chi connectivity index (χ3n) is 3.52. The van der Waals surface area contributed by atoms with Crippen molar-refractivity contribution in [2.24, 2.45) is 5.92 Å². The Balaban J connectivity index is 2.98. The number of rotatable bonds is 8. The maximum atomic E-state index is 12.5. The molecule has 0 fully saturated rings. The van der Waals surface area contributed by atoms with Gasteiger partial charge in [0.25, 0.3) is 0 Å². The van der Waals surface area contributed by atoms with E-state index in [1.54, 1.807) is 18.2 Å². The van der Waals surface area contributed by atoms with Crippen LogP contribution in [0.25, 0.3) is 0 Å². The average molecular weight is 330 g/mol. The normalized spacial score (nSPS) is 18.0. The smallest absolute Gasteiger partial charge is 0.307 e. The summed E-state index contributed by atoms with van der Waals surface area (Å²) in [5.41, 5.74) is 0.197. The van der Waals surface area contributed by atoms with Gasteiger partial charge in [-0.1, -0.05) is 30.3 Å². The van der Waals surface area contributed by atoms with Crippen LogP contribution in [0, 0.1) is 5.92 Å². The second-order valence-corrected chi connectivity index (χ2v) is 7.88. The summed E-state index contributed by atoms with van der Waals surface area (Å²) in [6.07, 6.45) is -1.40. The van der Waals surface area contributed by atoms with Crippen molar-refractivity contribution in [1.29, 1.82) is 0 Å². The molecule has 122 valence electrons. The van der Waals surface area contributed by atoms with E-state index in [0.717, 1.165) is 6.92 Å². The Kier molecular flexibility index (Phi) is 5.88. The van der Waals surface area contributed by atoms with Crippen molar-refractivity contribution in [3.8, 4) is 0 Å². The maximum absolute atomic E-state index is 12.5. The number of carbonyl (C=O) groups is 2. The molecule has 22 heavy (non-hydrogen) atoms. The molecule has 1 aromatic rings. The third-order valence-corrected chi connectivity index (χ3v) is 6.08. The summed E-state index contributed by atoms with van der Waals surface area (Å²) in [5, 5.41) is 26.0. The van der Waals surface area contributed by atoms with Crippen molar-refractivity contribution in [2.45, 2.75) is 25.1 Å². The molecule has 1 aromatic carbocycles. The molecule has 0 saturated heterocycles. The van der Waals surface area contributed by atoms with Crippen LogP contribution in [-0.4, -0.2) is 38.3 Å². The van der Waals surface area contributed by atoms with Gasteiger partial charge in [0.1, 0.15) is 0 Å². The van der Waals surface area contributed by atoms with Crippen LogP contribution in [0.4, 0.5) is 0 Å². The van der Waals surface area contributed by atoms with Gasteiger partial charge in [-0.2, -0.15) is 0 Å². The standard InChI is InChI=1S/C14H19O7P/c1-14(19,11-5-3-2-4-6-11)22(20,21)9-10(13(17)18)7-8-12(15)16/h2-6,10,19H,7-9H2,1H3,(H,15,16)(H,17,18)(H,20,21). The Bertz CT molecular complexity index is 582. The second-order valence-electron chi connectivity index (χ2n) is 5.24. The van der Waals surface area contributed by atoms with Gasteiger partial charge in [-0.25, -0.2) is 0 Å². The van der Waals surface area contributed by atoms with Crippen molar-refractivity contribution in [3.63, 3.8) is 0 Å². The molecule has 0 aromatic heterocycles. The molecular formula is C14H19O7P. The lowest BCUT2D eigenvalue weighted by Crippen LogP contribution is -2.28.